The van der Waals surface area contributed by atoms with Crippen molar-refractivity contribution < 1.29 is 14.6 Å². The van der Waals surface area contributed by atoms with E-state index < -0.39 is 11.8 Å². The van der Waals surface area contributed by atoms with E-state index in [2.05, 4.69) is 6.58 Å². The Morgan fingerprint density at radius 2 is 2.20 bits per heavy atom. The van der Waals surface area contributed by atoms with Gasteiger partial charge in [0.2, 0.25) is 0 Å². The number of carbonyl (C=O) groups is 1. The summed E-state index contributed by atoms with van der Waals surface area (Å²) < 4.78 is 5.51. The number of amides is 1. The van der Waals surface area contributed by atoms with Crippen molar-refractivity contribution in [3.8, 4) is 0 Å². The van der Waals surface area contributed by atoms with E-state index >= 15 is 0 Å². The van der Waals surface area contributed by atoms with Crippen LogP contribution in [0.5, 0.6) is 0 Å². The predicted octanol–water partition coefficient (Wildman–Crippen LogP) is 2.31. The number of hydrogen-bond acceptors (Lipinski definition) is 2. The molecule has 1 N–H and O–H groups in total. The first-order valence-corrected chi connectivity index (χ1v) is 5.02. The molecular formula is C11H19NO3. The molecule has 15 heavy (non-hydrogen) atoms. The van der Waals surface area contributed by atoms with E-state index in [-0.39, 0.29) is 11.5 Å². The van der Waals surface area contributed by atoms with Gasteiger partial charge in [-0.05, 0) is 13.8 Å². The molecule has 1 amide bonds. The maximum absolute atomic E-state index is 11.2. The summed E-state index contributed by atoms with van der Waals surface area (Å²) in [6, 6.07) is -0.178. The van der Waals surface area contributed by atoms with Crippen LogP contribution < -0.4 is 0 Å². The van der Waals surface area contributed by atoms with Crippen LogP contribution >= 0.6 is 0 Å². The minimum absolute atomic E-state index is 0.178. The molecule has 0 saturated carbocycles. The lowest BCUT2D eigenvalue weighted by atomic mass is 9.84. The van der Waals surface area contributed by atoms with Crippen molar-refractivity contribution in [2.24, 2.45) is 5.41 Å². The van der Waals surface area contributed by atoms with Crippen molar-refractivity contribution in [2.75, 3.05) is 6.61 Å². The molecule has 0 aromatic rings. The second-order valence-electron chi connectivity index (χ2n) is 4.95. The van der Waals surface area contributed by atoms with Crippen LogP contribution in [0.1, 0.15) is 27.7 Å². The van der Waals surface area contributed by atoms with Crippen LogP contribution in [0.4, 0.5) is 4.79 Å². The molecule has 0 bridgehead atoms. The molecule has 1 atom stereocenters. The average molecular weight is 213 g/mol. The minimum atomic E-state index is -0.947. The van der Waals surface area contributed by atoms with Gasteiger partial charge in [0.15, 0.2) is 0 Å². The smallest absolute Gasteiger partial charge is 0.409 e. The Balaban J connectivity index is 3.02. The summed E-state index contributed by atoms with van der Waals surface area (Å²) in [5, 5.41) is 9.19. The van der Waals surface area contributed by atoms with Crippen LogP contribution in [-0.2, 0) is 4.74 Å². The molecule has 1 fully saturated rings. The lowest BCUT2D eigenvalue weighted by Crippen LogP contribution is -2.51. The first-order chi connectivity index (χ1) is 6.72. The van der Waals surface area contributed by atoms with Crippen LogP contribution in [0.3, 0.4) is 0 Å². The highest BCUT2D eigenvalue weighted by Crippen LogP contribution is 2.37. The van der Waals surface area contributed by atoms with Gasteiger partial charge in [-0.1, -0.05) is 19.9 Å². The fraction of sp³-hybridized carbons (Fsp3) is 0.727. The van der Waals surface area contributed by atoms with Crippen molar-refractivity contribution in [3.05, 3.63) is 12.7 Å². The zero-order valence-electron chi connectivity index (χ0n) is 9.78. The summed E-state index contributed by atoms with van der Waals surface area (Å²) in [6.07, 6.45) is 0.829. The Labute approximate surface area is 90.5 Å². The van der Waals surface area contributed by atoms with Gasteiger partial charge < -0.3 is 9.84 Å². The highest BCUT2D eigenvalue weighted by molar-refractivity contribution is 5.67. The lowest BCUT2D eigenvalue weighted by molar-refractivity contribution is -0.0444. The topological polar surface area (TPSA) is 49.8 Å². The normalized spacial score (nSPS) is 25.3. The van der Waals surface area contributed by atoms with Gasteiger partial charge >= 0.3 is 6.09 Å². The van der Waals surface area contributed by atoms with Crippen molar-refractivity contribution in [3.63, 3.8) is 0 Å². The van der Waals surface area contributed by atoms with E-state index in [0.29, 0.717) is 6.61 Å². The van der Waals surface area contributed by atoms with Crippen LogP contribution in [0.25, 0.3) is 0 Å². The Bertz CT molecular complexity index is 284. The molecule has 0 spiro atoms. The standard InChI is InChI=1S/C11H19NO3/c1-6-10(2,3)8-7-15-11(4,5)12(8)9(13)14/h6,8H,1,7H2,2-5H3,(H,13,14). The third-order valence-corrected chi connectivity index (χ3v) is 3.08. The number of carboxylic acid groups (broad SMARTS) is 1. The number of rotatable bonds is 2. The fourth-order valence-electron chi connectivity index (χ4n) is 1.85. The number of ether oxygens (including phenoxy) is 1. The fourth-order valence-corrected chi connectivity index (χ4v) is 1.85. The van der Waals surface area contributed by atoms with Crippen molar-refractivity contribution in [1.29, 1.82) is 0 Å². The zero-order chi connectivity index (χ0) is 11.9. The lowest BCUT2D eigenvalue weighted by Gasteiger charge is -2.37. The molecule has 4 heteroatoms. The van der Waals surface area contributed by atoms with E-state index in [0.717, 1.165) is 0 Å². The van der Waals surface area contributed by atoms with Gasteiger partial charge in [-0.3, -0.25) is 4.90 Å². The van der Waals surface area contributed by atoms with E-state index in [9.17, 15) is 9.90 Å². The maximum atomic E-state index is 11.2. The maximum Gasteiger partial charge on any atom is 0.409 e. The zero-order valence-corrected chi connectivity index (χ0v) is 9.78. The first kappa shape index (κ1) is 12.0. The summed E-state index contributed by atoms with van der Waals surface area (Å²) in [6.45, 7) is 11.6. The van der Waals surface area contributed by atoms with Gasteiger partial charge in [0.25, 0.3) is 0 Å². The van der Waals surface area contributed by atoms with Crippen LogP contribution in [-0.4, -0.2) is 34.5 Å². The highest BCUT2D eigenvalue weighted by Gasteiger charge is 2.48. The minimum Gasteiger partial charge on any atom is -0.465 e. The molecule has 1 unspecified atom stereocenters. The third kappa shape index (κ3) is 2.00. The monoisotopic (exact) mass is 213 g/mol. The summed E-state index contributed by atoms with van der Waals surface area (Å²) >= 11 is 0. The average Bonchev–Trinajstić information content (AvgIpc) is 2.41. The molecule has 4 nitrogen and oxygen atoms in total. The number of hydrogen-bond donors (Lipinski definition) is 1. The molecule has 0 aliphatic carbocycles. The van der Waals surface area contributed by atoms with Gasteiger partial charge in [-0.15, -0.1) is 6.58 Å². The second kappa shape index (κ2) is 3.52. The van der Waals surface area contributed by atoms with Gasteiger partial charge in [-0.25, -0.2) is 4.79 Å². The Morgan fingerprint density at radius 3 is 2.60 bits per heavy atom. The predicted molar refractivity (Wildman–Crippen MR) is 57.7 cm³/mol. The SMILES string of the molecule is C=CC(C)(C)C1COC(C)(C)N1C(=O)O. The second-order valence-corrected chi connectivity index (χ2v) is 4.95. The van der Waals surface area contributed by atoms with Crippen LogP contribution in [0, 0.1) is 5.41 Å². The number of nitrogens with zero attached hydrogens (tertiary/aromatic N) is 1. The molecule has 0 radical (unpaired) electrons. The summed E-state index contributed by atoms with van der Waals surface area (Å²) in [5.41, 5.74) is -1.04. The molecule has 1 heterocycles. The molecule has 0 aromatic carbocycles. The van der Waals surface area contributed by atoms with Crippen molar-refractivity contribution >= 4 is 6.09 Å². The van der Waals surface area contributed by atoms with Crippen LogP contribution in [0.15, 0.2) is 12.7 Å². The Morgan fingerprint density at radius 1 is 1.67 bits per heavy atom. The van der Waals surface area contributed by atoms with Crippen molar-refractivity contribution in [1.82, 2.24) is 4.90 Å². The molecule has 1 saturated heterocycles. The quantitative estimate of drug-likeness (QED) is 0.716. The molecular weight excluding hydrogens is 194 g/mol. The largest absolute Gasteiger partial charge is 0.465 e. The molecule has 1 aliphatic heterocycles. The van der Waals surface area contributed by atoms with Crippen molar-refractivity contribution in [2.45, 2.75) is 39.5 Å². The summed E-state index contributed by atoms with van der Waals surface area (Å²) in [7, 11) is 0. The third-order valence-electron chi connectivity index (χ3n) is 3.08. The van der Waals surface area contributed by atoms with E-state index in [1.54, 1.807) is 19.9 Å². The first-order valence-electron chi connectivity index (χ1n) is 5.02. The summed E-state index contributed by atoms with van der Waals surface area (Å²) in [5.74, 6) is 0. The van der Waals surface area contributed by atoms with Gasteiger partial charge in [0.1, 0.15) is 5.72 Å². The van der Waals surface area contributed by atoms with Crippen LogP contribution in [0.2, 0.25) is 0 Å². The molecule has 86 valence electrons. The van der Waals surface area contributed by atoms with E-state index in [1.165, 1.54) is 4.90 Å². The molecule has 1 aliphatic rings. The Kier molecular flexibility index (Phi) is 2.83. The summed E-state index contributed by atoms with van der Waals surface area (Å²) in [4.78, 5) is 12.6. The van der Waals surface area contributed by atoms with E-state index in [4.69, 9.17) is 4.74 Å². The molecule has 1 rings (SSSR count). The van der Waals surface area contributed by atoms with E-state index in [1.807, 2.05) is 13.8 Å². The van der Waals surface area contributed by atoms with Gasteiger partial charge in [-0.2, -0.15) is 0 Å². The van der Waals surface area contributed by atoms with Gasteiger partial charge in [0, 0.05) is 5.41 Å². The highest BCUT2D eigenvalue weighted by atomic mass is 16.5. The van der Waals surface area contributed by atoms with Gasteiger partial charge in [0.05, 0.1) is 12.6 Å². The molecule has 0 aromatic heterocycles. The Hall–Kier alpha value is -1.03.